The summed E-state index contributed by atoms with van der Waals surface area (Å²) in [6.07, 6.45) is 5.92. The minimum Gasteiger partial charge on any atom is -0.370 e. The number of likely N-dealkylation sites (tertiary alicyclic amines) is 1. The van der Waals surface area contributed by atoms with Crippen molar-refractivity contribution in [3.63, 3.8) is 0 Å². The fraction of sp³-hybridized carbons (Fsp3) is 0.320. The Balaban J connectivity index is 1.47. The number of piperidine rings is 1. The number of aromatic nitrogens is 4. The van der Waals surface area contributed by atoms with E-state index >= 15 is 0 Å². The van der Waals surface area contributed by atoms with Crippen molar-refractivity contribution in [3.05, 3.63) is 59.6 Å². The van der Waals surface area contributed by atoms with Gasteiger partial charge in [0.2, 0.25) is 0 Å². The Morgan fingerprint density at radius 3 is 2.73 bits per heavy atom. The topological polar surface area (TPSA) is 60.9 Å². The molecule has 1 fully saturated rings. The van der Waals surface area contributed by atoms with Crippen molar-refractivity contribution in [1.82, 2.24) is 25.1 Å². The van der Waals surface area contributed by atoms with Gasteiger partial charge in [0.05, 0.1) is 28.6 Å². The molecule has 3 aromatic heterocycles. The predicted octanol–water partition coefficient (Wildman–Crippen LogP) is 5.40. The average molecular weight is 465 g/mol. The van der Waals surface area contributed by atoms with Crippen LogP contribution in [-0.4, -0.2) is 57.8 Å². The number of aromatic amines is 1. The minimum atomic E-state index is -0.381. The third-order valence-electron chi connectivity index (χ3n) is 6.58. The van der Waals surface area contributed by atoms with Crippen molar-refractivity contribution in [2.75, 3.05) is 31.6 Å². The molecule has 0 bridgehead atoms. The molecular formula is C25H26ClFN6. The molecule has 6 nitrogen and oxygen atoms in total. The van der Waals surface area contributed by atoms with Gasteiger partial charge >= 0.3 is 0 Å². The Hall–Kier alpha value is -3.03. The molecule has 0 amide bonds. The first-order chi connectivity index (χ1) is 16.0. The number of rotatable bonds is 5. The number of nitrogens with zero attached hydrogens (tertiary/aromatic N) is 5. The van der Waals surface area contributed by atoms with Gasteiger partial charge in [-0.2, -0.15) is 5.10 Å². The number of anilines is 1. The summed E-state index contributed by atoms with van der Waals surface area (Å²) in [7, 11) is 2.13. The van der Waals surface area contributed by atoms with E-state index in [-0.39, 0.29) is 5.82 Å². The summed E-state index contributed by atoms with van der Waals surface area (Å²) in [6.45, 7) is 5.57. The van der Waals surface area contributed by atoms with Gasteiger partial charge in [-0.1, -0.05) is 18.5 Å². The largest absolute Gasteiger partial charge is 0.370 e. The molecule has 170 valence electrons. The van der Waals surface area contributed by atoms with Crippen LogP contribution in [0.1, 0.15) is 19.8 Å². The standard InChI is InChI=1S/C25H26ClFN6/c1-3-33-10-8-17(9-11-33)32(2)18-13-24-23(28-14-18)7-6-22(30-24)20-15-29-31-25(20)19-12-16(26)4-5-21(19)27/h4-7,12-15,17H,3,8-11H2,1-2H3,(H,29,31). The summed E-state index contributed by atoms with van der Waals surface area (Å²) in [4.78, 5) is 14.3. The van der Waals surface area contributed by atoms with Crippen LogP contribution in [0.4, 0.5) is 10.1 Å². The Labute approximate surface area is 197 Å². The zero-order valence-corrected chi connectivity index (χ0v) is 19.5. The molecular weight excluding hydrogens is 439 g/mol. The maximum Gasteiger partial charge on any atom is 0.132 e. The Morgan fingerprint density at radius 1 is 1.12 bits per heavy atom. The third kappa shape index (κ3) is 4.30. The van der Waals surface area contributed by atoms with Crippen molar-refractivity contribution in [2.24, 2.45) is 0 Å². The first-order valence-electron chi connectivity index (χ1n) is 11.2. The summed E-state index contributed by atoms with van der Waals surface area (Å²) in [5, 5.41) is 7.57. The number of H-pyrrole nitrogens is 1. The van der Waals surface area contributed by atoms with Gasteiger partial charge in [0.1, 0.15) is 11.5 Å². The SMILES string of the molecule is CCN1CCC(N(C)c2cnc3ccc(-c4c[nH]nc4-c4cc(Cl)ccc4F)nc3c2)CC1. The number of benzene rings is 1. The molecule has 0 radical (unpaired) electrons. The molecule has 1 saturated heterocycles. The van der Waals surface area contributed by atoms with Crippen LogP contribution in [0.3, 0.4) is 0 Å². The van der Waals surface area contributed by atoms with Crippen molar-refractivity contribution in [1.29, 1.82) is 0 Å². The molecule has 0 saturated carbocycles. The van der Waals surface area contributed by atoms with Crippen LogP contribution in [0.25, 0.3) is 33.5 Å². The van der Waals surface area contributed by atoms with E-state index in [9.17, 15) is 4.39 Å². The van der Waals surface area contributed by atoms with Gasteiger partial charge < -0.3 is 9.80 Å². The summed E-state index contributed by atoms with van der Waals surface area (Å²) in [6, 6.07) is 10.8. The second-order valence-corrected chi connectivity index (χ2v) is 8.91. The molecule has 8 heteroatoms. The molecule has 1 N–H and O–H groups in total. The van der Waals surface area contributed by atoms with E-state index in [1.165, 1.54) is 12.1 Å². The van der Waals surface area contributed by atoms with Gasteiger partial charge in [0, 0.05) is 48.5 Å². The zero-order chi connectivity index (χ0) is 22.9. The van der Waals surface area contributed by atoms with Crippen LogP contribution in [0.15, 0.2) is 48.8 Å². The van der Waals surface area contributed by atoms with Crippen molar-refractivity contribution in [3.8, 4) is 22.5 Å². The highest BCUT2D eigenvalue weighted by Crippen LogP contribution is 2.33. The Kier molecular flexibility index (Phi) is 6.00. The number of halogens is 2. The van der Waals surface area contributed by atoms with E-state index in [2.05, 4.69) is 45.0 Å². The minimum absolute atomic E-state index is 0.339. The van der Waals surface area contributed by atoms with Crippen molar-refractivity contribution in [2.45, 2.75) is 25.8 Å². The molecule has 4 aromatic rings. The van der Waals surface area contributed by atoms with Crippen LogP contribution < -0.4 is 4.90 Å². The first kappa shape index (κ1) is 21.8. The number of hydrogen-bond acceptors (Lipinski definition) is 5. The van der Waals surface area contributed by atoms with Gasteiger partial charge in [-0.3, -0.25) is 10.1 Å². The Bertz CT molecular complexity index is 1280. The molecule has 1 aliphatic heterocycles. The molecule has 0 aliphatic carbocycles. The fourth-order valence-corrected chi connectivity index (χ4v) is 4.71. The van der Waals surface area contributed by atoms with Gasteiger partial charge in [0.25, 0.3) is 0 Å². The lowest BCUT2D eigenvalue weighted by Crippen LogP contribution is -2.43. The van der Waals surface area contributed by atoms with Crippen LogP contribution in [0, 0.1) is 5.82 Å². The molecule has 0 spiro atoms. The normalized spacial score (nSPS) is 15.3. The quantitative estimate of drug-likeness (QED) is 0.428. The van der Waals surface area contributed by atoms with E-state index in [1.807, 2.05) is 18.3 Å². The maximum absolute atomic E-state index is 14.5. The molecule has 33 heavy (non-hydrogen) atoms. The summed E-state index contributed by atoms with van der Waals surface area (Å²) >= 11 is 6.10. The smallest absolute Gasteiger partial charge is 0.132 e. The van der Waals surface area contributed by atoms with E-state index < -0.39 is 0 Å². The lowest BCUT2D eigenvalue weighted by molar-refractivity contribution is 0.221. The van der Waals surface area contributed by atoms with Crippen LogP contribution in [0.5, 0.6) is 0 Å². The maximum atomic E-state index is 14.5. The van der Waals surface area contributed by atoms with E-state index in [0.29, 0.717) is 33.6 Å². The molecule has 0 unspecified atom stereocenters. The second-order valence-electron chi connectivity index (χ2n) is 8.48. The number of hydrogen-bond donors (Lipinski definition) is 1. The lowest BCUT2D eigenvalue weighted by atomic mass is 10.0. The first-order valence-corrected chi connectivity index (χ1v) is 11.6. The van der Waals surface area contributed by atoms with E-state index in [4.69, 9.17) is 16.6 Å². The van der Waals surface area contributed by atoms with Gasteiger partial charge in [-0.25, -0.2) is 9.37 Å². The predicted molar refractivity (Wildman–Crippen MR) is 131 cm³/mol. The second kappa shape index (κ2) is 9.08. The highest BCUT2D eigenvalue weighted by Gasteiger charge is 2.22. The molecule has 0 atom stereocenters. The highest BCUT2D eigenvalue weighted by molar-refractivity contribution is 6.30. The number of nitrogens with one attached hydrogen (secondary N) is 1. The van der Waals surface area contributed by atoms with E-state index in [0.717, 1.165) is 49.2 Å². The van der Waals surface area contributed by atoms with Gasteiger partial charge in [0.15, 0.2) is 0 Å². The number of fused-ring (bicyclic) bond motifs is 1. The highest BCUT2D eigenvalue weighted by atomic mass is 35.5. The lowest BCUT2D eigenvalue weighted by Gasteiger charge is -2.37. The molecule has 1 aromatic carbocycles. The van der Waals surface area contributed by atoms with Crippen LogP contribution in [-0.2, 0) is 0 Å². The van der Waals surface area contributed by atoms with Crippen molar-refractivity contribution < 1.29 is 4.39 Å². The fourth-order valence-electron chi connectivity index (χ4n) is 4.54. The zero-order valence-electron chi connectivity index (χ0n) is 18.7. The van der Waals surface area contributed by atoms with Crippen LogP contribution in [0.2, 0.25) is 5.02 Å². The van der Waals surface area contributed by atoms with Gasteiger partial charge in [-0.15, -0.1) is 0 Å². The number of pyridine rings is 2. The monoisotopic (exact) mass is 464 g/mol. The molecule has 5 rings (SSSR count). The summed E-state index contributed by atoms with van der Waals surface area (Å²) in [5.74, 6) is -0.381. The Morgan fingerprint density at radius 2 is 1.94 bits per heavy atom. The summed E-state index contributed by atoms with van der Waals surface area (Å²) < 4.78 is 14.5. The molecule has 1 aliphatic rings. The van der Waals surface area contributed by atoms with Crippen molar-refractivity contribution >= 4 is 28.3 Å². The molecule has 4 heterocycles. The van der Waals surface area contributed by atoms with Crippen LogP contribution >= 0.6 is 11.6 Å². The van der Waals surface area contributed by atoms with Gasteiger partial charge in [-0.05, 0) is 55.8 Å². The average Bonchev–Trinajstić information content (AvgIpc) is 3.34. The van der Waals surface area contributed by atoms with E-state index in [1.54, 1.807) is 12.3 Å². The summed E-state index contributed by atoms with van der Waals surface area (Å²) in [5.41, 5.74) is 4.89. The third-order valence-corrected chi connectivity index (χ3v) is 6.82.